The fourth-order valence-electron chi connectivity index (χ4n) is 0.970. The van der Waals surface area contributed by atoms with Gasteiger partial charge >= 0.3 is 0 Å². The van der Waals surface area contributed by atoms with E-state index < -0.39 is 0 Å². The molecule has 3 nitrogen and oxygen atoms in total. The van der Waals surface area contributed by atoms with E-state index in [4.69, 9.17) is 4.74 Å². The molecule has 0 amide bonds. The second kappa shape index (κ2) is 9.96. The van der Waals surface area contributed by atoms with Crippen molar-refractivity contribution in [1.82, 2.24) is 10.6 Å². The molecule has 0 aliphatic heterocycles. The molecule has 0 saturated carbocycles. The average Bonchev–Trinajstić information content (AvgIpc) is 2.09. The van der Waals surface area contributed by atoms with Crippen LogP contribution in [0.3, 0.4) is 0 Å². The lowest BCUT2D eigenvalue weighted by atomic mass is 10.4. The van der Waals surface area contributed by atoms with E-state index >= 15 is 0 Å². The molecule has 13 heavy (non-hydrogen) atoms. The van der Waals surface area contributed by atoms with Crippen LogP contribution in [0.4, 0.5) is 0 Å². The number of nitrogens with one attached hydrogen (secondary N) is 2. The Hall–Kier alpha value is -0.120. The first kappa shape index (κ1) is 12.9. The van der Waals surface area contributed by atoms with Gasteiger partial charge in [-0.2, -0.15) is 0 Å². The van der Waals surface area contributed by atoms with Gasteiger partial charge in [-0.05, 0) is 26.8 Å². The quantitative estimate of drug-likeness (QED) is 0.530. The Morgan fingerprint density at radius 2 is 1.62 bits per heavy atom. The Balaban J connectivity index is 2.84. The number of hydrogen-bond donors (Lipinski definition) is 2. The molecular weight excluding hydrogens is 164 g/mol. The summed E-state index contributed by atoms with van der Waals surface area (Å²) in [5, 5.41) is 6.64. The molecule has 0 unspecified atom stereocenters. The van der Waals surface area contributed by atoms with Crippen LogP contribution in [-0.4, -0.2) is 38.9 Å². The van der Waals surface area contributed by atoms with E-state index in [0.717, 1.165) is 32.8 Å². The first-order valence-corrected chi connectivity index (χ1v) is 5.30. The number of rotatable bonds is 9. The molecule has 0 rings (SSSR count). The van der Waals surface area contributed by atoms with Crippen molar-refractivity contribution in [2.45, 2.75) is 33.3 Å². The second-order valence-corrected chi connectivity index (χ2v) is 3.42. The minimum Gasteiger partial charge on any atom is -0.377 e. The van der Waals surface area contributed by atoms with Gasteiger partial charge in [0.05, 0.1) is 12.7 Å². The molecule has 0 aliphatic carbocycles. The molecule has 0 aromatic carbocycles. The van der Waals surface area contributed by atoms with Crippen LogP contribution in [0, 0.1) is 0 Å². The largest absolute Gasteiger partial charge is 0.377 e. The molecule has 0 aliphatic rings. The maximum absolute atomic E-state index is 5.39. The molecule has 2 N–H and O–H groups in total. The molecule has 80 valence electrons. The predicted molar refractivity (Wildman–Crippen MR) is 57.1 cm³/mol. The van der Waals surface area contributed by atoms with Crippen LogP contribution >= 0.6 is 0 Å². The summed E-state index contributed by atoms with van der Waals surface area (Å²) in [4.78, 5) is 0. The molecular formula is C10H24N2O. The lowest BCUT2D eigenvalue weighted by Crippen LogP contribution is -2.30. The summed E-state index contributed by atoms with van der Waals surface area (Å²) in [5.41, 5.74) is 0. The van der Waals surface area contributed by atoms with Crippen LogP contribution in [0.25, 0.3) is 0 Å². The van der Waals surface area contributed by atoms with Crippen LogP contribution in [-0.2, 0) is 4.74 Å². The molecule has 0 aromatic heterocycles. The molecule has 0 bridgehead atoms. The number of hydrogen-bond acceptors (Lipinski definition) is 3. The van der Waals surface area contributed by atoms with E-state index in [0.29, 0.717) is 6.10 Å². The smallest absolute Gasteiger partial charge is 0.0594 e. The SMILES string of the molecule is CCCNCCNCCOC(C)C. The Labute approximate surface area is 82.2 Å². The third-order valence-corrected chi connectivity index (χ3v) is 1.64. The maximum Gasteiger partial charge on any atom is 0.0594 e. The Morgan fingerprint density at radius 3 is 2.15 bits per heavy atom. The van der Waals surface area contributed by atoms with Gasteiger partial charge in [-0.3, -0.25) is 0 Å². The van der Waals surface area contributed by atoms with Gasteiger partial charge in [0, 0.05) is 19.6 Å². The summed E-state index contributed by atoms with van der Waals surface area (Å²) in [5.74, 6) is 0. The van der Waals surface area contributed by atoms with Crippen LogP contribution in [0.1, 0.15) is 27.2 Å². The van der Waals surface area contributed by atoms with Crippen molar-refractivity contribution in [3.8, 4) is 0 Å². The van der Waals surface area contributed by atoms with Crippen molar-refractivity contribution >= 4 is 0 Å². The third-order valence-electron chi connectivity index (χ3n) is 1.64. The van der Waals surface area contributed by atoms with E-state index in [2.05, 4.69) is 31.4 Å². The fourth-order valence-corrected chi connectivity index (χ4v) is 0.970. The lowest BCUT2D eigenvalue weighted by Gasteiger charge is -2.08. The van der Waals surface area contributed by atoms with Gasteiger partial charge in [-0.25, -0.2) is 0 Å². The van der Waals surface area contributed by atoms with Gasteiger partial charge in [0.1, 0.15) is 0 Å². The zero-order valence-corrected chi connectivity index (χ0v) is 9.23. The molecule has 0 heterocycles. The first-order chi connectivity index (χ1) is 6.27. The molecule has 0 saturated heterocycles. The summed E-state index contributed by atoms with van der Waals surface area (Å²) in [7, 11) is 0. The van der Waals surface area contributed by atoms with Crippen molar-refractivity contribution in [1.29, 1.82) is 0 Å². The van der Waals surface area contributed by atoms with Crippen LogP contribution in [0.2, 0.25) is 0 Å². The van der Waals surface area contributed by atoms with Crippen molar-refractivity contribution in [2.24, 2.45) is 0 Å². The molecule has 0 fully saturated rings. The highest BCUT2D eigenvalue weighted by atomic mass is 16.5. The average molecular weight is 188 g/mol. The summed E-state index contributed by atoms with van der Waals surface area (Å²) in [6.45, 7) is 11.3. The molecule has 0 spiro atoms. The molecule has 3 heteroatoms. The van der Waals surface area contributed by atoms with Crippen molar-refractivity contribution in [2.75, 3.05) is 32.8 Å². The molecule has 0 aromatic rings. The van der Waals surface area contributed by atoms with Gasteiger partial charge in [0.25, 0.3) is 0 Å². The van der Waals surface area contributed by atoms with Crippen molar-refractivity contribution in [3.63, 3.8) is 0 Å². The molecule has 0 atom stereocenters. The van der Waals surface area contributed by atoms with E-state index in [1.807, 2.05) is 0 Å². The third kappa shape index (κ3) is 11.9. The minimum atomic E-state index is 0.347. The standard InChI is InChI=1S/C10H24N2O/c1-4-5-11-6-7-12-8-9-13-10(2)3/h10-12H,4-9H2,1-3H3. The second-order valence-electron chi connectivity index (χ2n) is 3.42. The van der Waals surface area contributed by atoms with Gasteiger partial charge in [0.15, 0.2) is 0 Å². The minimum absolute atomic E-state index is 0.347. The topological polar surface area (TPSA) is 33.3 Å². The van der Waals surface area contributed by atoms with Gasteiger partial charge in [-0.1, -0.05) is 6.92 Å². The summed E-state index contributed by atoms with van der Waals surface area (Å²) < 4.78 is 5.39. The van der Waals surface area contributed by atoms with Crippen molar-refractivity contribution < 1.29 is 4.74 Å². The first-order valence-electron chi connectivity index (χ1n) is 5.30. The Kier molecular flexibility index (Phi) is 9.87. The highest BCUT2D eigenvalue weighted by Gasteiger charge is 1.91. The van der Waals surface area contributed by atoms with E-state index in [1.54, 1.807) is 0 Å². The fraction of sp³-hybridized carbons (Fsp3) is 1.00. The highest BCUT2D eigenvalue weighted by molar-refractivity contribution is 4.51. The van der Waals surface area contributed by atoms with Crippen molar-refractivity contribution in [3.05, 3.63) is 0 Å². The summed E-state index contributed by atoms with van der Waals surface area (Å²) >= 11 is 0. The Bertz CT molecular complexity index is 96.9. The summed E-state index contributed by atoms with van der Waals surface area (Å²) in [6, 6.07) is 0. The van der Waals surface area contributed by atoms with E-state index in [1.165, 1.54) is 6.42 Å². The monoisotopic (exact) mass is 188 g/mol. The van der Waals surface area contributed by atoms with Gasteiger partial charge < -0.3 is 15.4 Å². The van der Waals surface area contributed by atoms with E-state index in [-0.39, 0.29) is 0 Å². The van der Waals surface area contributed by atoms with Crippen LogP contribution < -0.4 is 10.6 Å². The zero-order chi connectivity index (χ0) is 9.94. The Morgan fingerprint density at radius 1 is 1.00 bits per heavy atom. The highest BCUT2D eigenvalue weighted by Crippen LogP contribution is 1.84. The lowest BCUT2D eigenvalue weighted by molar-refractivity contribution is 0.0810. The van der Waals surface area contributed by atoms with Gasteiger partial charge in [0.2, 0.25) is 0 Å². The zero-order valence-electron chi connectivity index (χ0n) is 9.23. The maximum atomic E-state index is 5.39. The molecule has 0 radical (unpaired) electrons. The van der Waals surface area contributed by atoms with Gasteiger partial charge in [-0.15, -0.1) is 0 Å². The predicted octanol–water partition coefficient (Wildman–Crippen LogP) is 1.00. The van der Waals surface area contributed by atoms with E-state index in [9.17, 15) is 0 Å². The number of ether oxygens (including phenoxy) is 1. The normalized spacial score (nSPS) is 11.1. The summed E-state index contributed by atoms with van der Waals surface area (Å²) in [6.07, 6.45) is 1.55. The van der Waals surface area contributed by atoms with Crippen LogP contribution in [0.5, 0.6) is 0 Å². The van der Waals surface area contributed by atoms with Crippen LogP contribution in [0.15, 0.2) is 0 Å².